The Labute approximate surface area is 128 Å². The molecule has 1 aliphatic heterocycles. The molecule has 1 N–H and O–H groups in total. The van der Waals surface area contributed by atoms with Crippen molar-refractivity contribution in [2.75, 3.05) is 38.5 Å². The fraction of sp³-hybridized carbons (Fsp3) is 0.500. The summed E-state index contributed by atoms with van der Waals surface area (Å²) in [6, 6.07) is 3.78. The maximum atomic E-state index is 12.1. The van der Waals surface area contributed by atoms with Crippen LogP contribution in [0.1, 0.15) is 6.42 Å². The van der Waals surface area contributed by atoms with Crippen molar-refractivity contribution in [1.82, 2.24) is 14.8 Å². The first-order valence-corrected chi connectivity index (χ1v) is 7.88. The third-order valence-corrected chi connectivity index (χ3v) is 4.38. The molecule has 0 bridgehead atoms. The molecule has 0 saturated carbocycles. The Balaban J connectivity index is 1.69. The van der Waals surface area contributed by atoms with Gasteiger partial charge >= 0.3 is 5.97 Å². The number of hydrogen-bond acceptors (Lipinski definition) is 5. The topological polar surface area (TPSA) is 73.7 Å². The van der Waals surface area contributed by atoms with Crippen molar-refractivity contribution in [2.45, 2.75) is 11.3 Å². The highest BCUT2D eigenvalue weighted by Gasteiger charge is 2.21. The van der Waals surface area contributed by atoms with Crippen LogP contribution in [0.5, 0.6) is 0 Å². The minimum absolute atomic E-state index is 0.134. The highest BCUT2D eigenvalue weighted by molar-refractivity contribution is 8.00. The van der Waals surface area contributed by atoms with Crippen molar-refractivity contribution in [3.8, 4) is 0 Å². The van der Waals surface area contributed by atoms with Gasteiger partial charge in [0.25, 0.3) is 0 Å². The third-order valence-electron chi connectivity index (χ3n) is 3.38. The second kappa shape index (κ2) is 7.99. The number of carboxylic acids is 1. The Morgan fingerprint density at radius 2 is 1.86 bits per heavy atom. The highest BCUT2D eigenvalue weighted by Crippen LogP contribution is 2.17. The molecule has 1 aromatic heterocycles. The third kappa shape index (κ3) is 5.35. The molecule has 0 aliphatic carbocycles. The molecule has 0 spiro atoms. The van der Waals surface area contributed by atoms with Crippen molar-refractivity contribution in [3.63, 3.8) is 0 Å². The number of carbonyl (C=O) groups is 2. The molecule has 1 aliphatic rings. The predicted molar refractivity (Wildman–Crippen MR) is 80.2 cm³/mol. The number of pyridine rings is 1. The van der Waals surface area contributed by atoms with Crippen LogP contribution in [-0.4, -0.2) is 70.2 Å². The average Bonchev–Trinajstić information content (AvgIpc) is 2.52. The van der Waals surface area contributed by atoms with Crippen LogP contribution in [0.25, 0.3) is 0 Å². The minimum atomic E-state index is -0.776. The number of amides is 1. The van der Waals surface area contributed by atoms with Gasteiger partial charge in [0, 0.05) is 50.0 Å². The summed E-state index contributed by atoms with van der Waals surface area (Å²) in [7, 11) is 0. The number of aromatic nitrogens is 1. The Morgan fingerprint density at radius 1 is 1.19 bits per heavy atom. The molecule has 0 radical (unpaired) electrons. The first-order valence-electron chi connectivity index (χ1n) is 6.90. The Hall–Kier alpha value is -1.60. The summed E-state index contributed by atoms with van der Waals surface area (Å²) in [5.41, 5.74) is 0. The second-order valence-corrected chi connectivity index (χ2v) is 5.89. The van der Waals surface area contributed by atoms with Crippen LogP contribution in [-0.2, 0) is 9.59 Å². The summed E-state index contributed by atoms with van der Waals surface area (Å²) in [6.45, 7) is 3.41. The summed E-state index contributed by atoms with van der Waals surface area (Å²) >= 11 is 1.51. The number of carbonyl (C=O) groups excluding carboxylic acids is 1. The van der Waals surface area contributed by atoms with E-state index in [1.54, 1.807) is 12.4 Å². The lowest BCUT2D eigenvalue weighted by molar-refractivity contribution is -0.138. The monoisotopic (exact) mass is 309 g/mol. The average molecular weight is 309 g/mol. The fourth-order valence-electron chi connectivity index (χ4n) is 2.15. The van der Waals surface area contributed by atoms with E-state index < -0.39 is 5.97 Å². The molecule has 1 amide bonds. The van der Waals surface area contributed by atoms with Crippen molar-refractivity contribution in [2.24, 2.45) is 0 Å². The van der Waals surface area contributed by atoms with Crippen molar-refractivity contribution >= 4 is 23.6 Å². The molecule has 0 atom stereocenters. The predicted octanol–water partition coefficient (Wildman–Crippen LogP) is 0.793. The SMILES string of the molecule is O=C(O)CCN1CCN(C(=O)CSc2ccncc2)CC1. The van der Waals surface area contributed by atoms with E-state index in [-0.39, 0.29) is 12.3 Å². The summed E-state index contributed by atoms with van der Waals surface area (Å²) in [4.78, 5) is 31.6. The zero-order valence-electron chi connectivity index (χ0n) is 11.8. The lowest BCUT2D eigenvalue weighted by Crippen LogP contribution is -2.49. The van der Waals surface area contributed by atoms with Crippen LogP contribution in [0.4, 0.5) is 0 Å². The molecule has 0 unspecified atom stereocenters. The van der Waals surface area contributed by atoms with Crippen molar-refractivity contribution in [3.05, 3.63) is 24.5 Å². The van der Waals surface area contributed by atoms with Crippen molar-refractivity contribution < 1.29 is 14.7 Å². The van der Waals surface area contributed by atoms with Gasteiger partial charge in [0.2, 0.25) is 5.91 Å². The van der Waals surface area contributed by atoms with Gasteiger partial charge in [-0.1, -0.05) is 0 Å². The van der Waals surface area contributed by atoms with E-state index in [1.807, 2.05) is 17.0 Å². The number of piperazine rings is 1. The second-order valence-electron chi connectivity index (χ2n) is 4.84. The maximum absolute atomic E-state index is 12.1. The number of thioether (sulfide) groups is 1. The standard InChI is InChI=1S/C14H19N3O3S/c18-13(11-21-12-1-4-15-5-2-12)17-9-7-16(8-10-17)6-3-14(19)20/h1-2,4-5H,3,6-11H2,(H,19,20). The molecule has 2 rings (SSSR count). The van der Waals surface area contributed by atoms with E-state index in [9.17, 15) is 9.59 Å². The maximum Gasteiger partial charge on any atom is 0.304 e. The van der Waals surface area contributed by atoms with Gasteiger partial charge in [0.1, 0.15) is 0 Å². The number of rotatable bonds is 6. The lowest BCUT2D eigenvalue weighted by atomic mass is 10.3. The van der Waals surface area contributed by atoms with Crippen LogP contribution in [0.3, 0.4) is 0 Å². The molecular formula is C14H19N3O3S. The normalized spacial score (nSPS) is 15.9. The van der Waals surface area contributed by atoms with Gasteiger partial charge in [0.15, 0.2) is 0 Å². The Bertz CT molecular complexity index is 476. The summed E-state index contributed by atoms with van der Waals surface area (Å²) in [5, 5.41) is 8.66. The number of carboxylic acid groups (broad SMARTS) is 1. The molecule has 7 heteroatoms. The number of hydrogen-bond donors (Lipinski definition) is 1. The van der Waals surface area contributed by atoms with Gasteiger partial charge < -0.3 is 10.0 Å². The largest absolute Gasteiger partial charge is 0.481 e. The van der Waals surface area contributed by atoms with E-state index >= 15 is 0 Å². The van der Waals surface area contributed by atoms with Gasteiger partial charge in [-0.2, -0.15) is 0 Å². The van der Waals surface area contributed by atoms with Gasteiger partial charge in [-0.15, -0.1) is 11.8 Å². The Morgan fingerprint density at radius 3 is 2.48 bits per heavy atom. The number of nitrogens with zero attached hydrogens (tertiary/aromatic N) is 3. The van der Waals surface area contributed by atoms with E-state index in [2.05, 4.69) is 9.88 Å². The van der Waals surface area contributed by atoms with E-state index in [4.69, 9.17) is 5.11 Å². The molecule has 2 heterocycles. The quantitative estimate of drug-likeness (QED) is 0.783. The van der Waals surface area contributed by atoms with Gasteiger partial charge in [-0.05, 0) is 12.1 Å². The summed E-state index contributed by atoms with van der Waals surface area (Å²) in [5.74, 6) is -0.212. The first-order chi connectivity index (χ1) is 10.1. The first kappa shape index (κ1) is 15.8. The molecular weight excluding hydrogens is 290 g/mol. The fourth-order valence-corrected chi connectivity index (χ4v) is 2.93. The smallest absolute Gasteiger partial charge is 0.304 e. The van der Waals surface area contributed by atoms with Crippen LogP contribution in [0.15, 0.2) is 29.4 Å². The molecule has 21 heavy (non-hydrogen) atoms. The van der Waals surface area contributed by atoms with Gasteiger partial charge in [-0.3, -0.25) is 19.5 Å². The zero-order chi connectivity index (χ0) is 15.1. The van der Waals surface area contributed by atoms with E-state index in [1.165, 1.54) is 11.8 Å². The van der Waals surface area contributed by atoms with Crippen LogP contribution < -0.4 is 0 Å². The van der Waals surface area contributed by atoms with E-state index in [0.29, 0.717) is 25.4 Å². The van der Waals surface area contributed by atoms with E-state index in [0.717, 1.165) is 18.0 Å². The molecule has 1 saturated heterocycles. The molecule has 114 valence electrons. The van der Waals surface area contributed by atoms with Crippen molar-refractivity contribution in [1.29, 1.82) is 0 Å². The summed E-state index contributed by atoms with van der Waals surface area (Å²) < 4.78 is 0. The summed E-state index contributed by atoms with van der Waals surface area (Å²) in [6.07, 6.45) is 3.59. The number of aliphatic carboxylic acids is 1. The lowest BCUT2D eigenvalue weighted by Gasteiger charge is -2.34. The molecule has 1 aromatic rings. The molecule has 6 nitrogen and oxygen atoms in total. The van der Waals surface area contributed by atoms with Crippen LogP contribution in [0, 0.1) is 0 Å². The van der Waals surface area contributed by atoms with Gasteiger partial charge in [0.05, 0.1) is 12.2 Å². The zero-order valence-corrected chi connectivity index (χ0v) is 12.6. The van der Waals surface area contributed by atoms with Gasteiger partial charge in [-0.25, -0.2) is 0 Å². The Kier molecular flexibility index (Phi) is 6.01. The highest BCUT2D eigenvalue weighted by atomic mass is 32.2. The van der Waals surface area contributed by atoms with Crippen LogP contribution >= 0.6 is 11.8 Å². The molecule has 1 fully saturated rings. The van der Waals surface area contributed by atoms with Crippen LogP contribution in [0.2, 0.25) is 0 Å². The molecule has 0 aromatic carbocycles. The minimum Gasteiger partial charge on any atom is -0.481 e.